The molecule has 45 heavy (non-hydrogen) atoms. The molecule has 2 aromatic heterocycles. The van der Waals surface area contributed by atoms with E-state index in [0.717, 1.165) is 56.0 Å². The number of nitrogen functional groups attached to an aromatic ring is 1. The highest BCUT2D eigenvalue weighted by atomic mass is 35.5. The second kappa shape index (κ2) is 14.8. The maximum absolute atomic E-state index is 13.0. The SMILES string of the molecule is CCn1nc(-c2cccc(-c3cccc(C(=O)NCCCN4CCOCC4)c3)c2)cc(NC(=O)Nc2c(N)cncc2Cl)c1=O. The van der Waals surface area contributed by atoms with Crippen LogP contribution in [0.25, 0.3) is 22.4 Å². The number of hydrogen-bond acceptors (Lipinski definition) is 8. The number of halogens is 1. The summed E-state index contributed by atoms with van der Waals surface area (Å²) >= 11 is 6.12. The Morgan fingerprint density at radius 1 is 1.00 bits per heavy atom. The number of rotatable bonds is 10. The summed E-state index contributed by atoms with van der Waals surface area (Å²) in [5.74, 6) is -0.129. The minimum atomic E-state index is -0.698. The Morgan fingerprint density at radius 3 is 2.49 bits per heavy atom. The number of nitrogens with zero attached hydrogens (tertiary/aromatic N) is 4. The van der Waals surface area contributed by atoms with E-state index < -0.39 is 11.6 Å². The average molecular weight is 631 g/mol. The largest absolute Gasteiger partial charge is 0.396 e. The second-order valence-electron chi connectivity index (χ2n) is 10.5. The topological polar surface area (TPSA) is 156 Å². The molecule has 0 atom stereocenters. The lowest BCUT2D eigenvalue weighted by Crippen LogP contribution is -2.38. The number of nitrogens with one attached hydrogen (secondary N) is 3. The highest BCUT2D eigenvalue weighted by molar-refractivity contribution is 6.34. The lowest BCUT2D eigenvalue weighted by Gasteiger charge is -2.26. The first kappa shape index (κ1) is 31.6. The number of amides is 3. The molecule has 5 rings (SSSR count). The Balaban J connectivity index is 1.31. The van der Waals surface area contributed by atoms with Crippen molar-refractivity contribution in [2.75, 3.05) is 55.8 Å². The fourth-order valence-electron chi connectivity index (χ4n) is 4.97. The van der Waals surface area contributed by atoms with Crippen LogP contribution in [0.1, 0.15) is 23.7 Å². The Hall–Kier alpha value is -4.78. The van der Waals surface area contributed by atoms with Gasteiger partial charge in [0.1, 0.15) is 5.69 Å². The third-order valence-electron chi connectivity index (χ3n) is 7.35. The van der Waals surface area contributed by atoms with Gasteiger partial charge in [-0.05, 0) is 55.3 Å². The molecule has 1 saturated heterocycles. The predicted molar refractivity (Wildman–Crippen MR) is 176 cm³/mol. The molecule has 0 radical (unpaired) electrons. The molecule has 1 fully saturated rings. The van der Waals surface area contributed by atoms with Crippen molar-refractivity contribution in [3.05, 3.63) is 87.9 Å². The summed E-state index contributed by atoms with van der Waals surface area (Å²) in [5.41, 5.74) is 9.29. The Labute approximate surface area is 265 Å². The molecule has 0 spiro atoms. The van der Waals surface area contributed by atoms with E-state index in [0.29, 0.717) is 17.8 Å². The summed E-state index contributed by atoms with van der Waals surface area (Å²) in [6.45, 7) is 6.95. The number of aryl methyl sites for hydroxylation is 1. The van der Waals surface area contributed by atoms with Gasteiger partial charge in [-0.3, -0.25) is 19.5 Å². The van der Waals surface area contributed by atoms with Crippen molar-refractivity contribution >= 4 is 40.6 Å². The molecule has 0 unspecified atom stereocenters. The normalized spacial score (nSPS) is 13.3. The van der Waals surface area contributed by atoms with Crippen LogP contribution in [0.2, 0.25) is 5.02 Å². The third-order valence-corrected chi connectivity index (χ3v) is 7.63. The van der Waals surface area contributed by atoms with Gasteiger partial charge in [0.05, 0.1) is 41.5 Å². The van der Waals surface area contributed by atoms with Gasteiger partial charge in [-0.15, -0.1) is 0 Å². The van der Waals surface area contributed by atoms with E-state index in [1.165, 1.54) is 23.1 Å². The van der Waals surface area contributed by atoms with E-state index >= 15 is 0 Å². The van der Waals surface area contributed by atoms with Gasteiger partial charge in [0.2, 0.25) is 0 Å². The van der Waals surface area contributed by atoms with E-state index in [2.05, 4.69) is 30.9 Å². The molecule has 0 saturated carbocycles. The monoisotopic (exact) mass is 630 g/mol. The summed E-state index contributed by atoms with van der Waals surface area (Å²) < 4.78 is 6.66. The van der Waals surface area contributed by atoms with Gasteiger partial charge in [0.25, 0.3) is 11.5 Å². The predicted octanol–water partition coefficient (Wildman–Crippen LogP) is 4.32. The average Bonchev–Trinajstić information content (AvgIpc) is 3.06. The first-order valence-electron chi connectivity index (χ1n) is 14.7. The van der Waals surface area contributed by atoms with Gasteiger partial charge in [0.15, 0.2) is 0 Å². The van der Waals surface area contributed by atoms with Crippen molar-refractivity contribution in [3.63, 3.8) is 0 Å². The smallest absolute Gasteiger partial charge is 0.323 e. The molecule has 5 N–H and O–H groups in total. The van der Waals surface area contributed by atoms with Gasteiger partial charge in [-0.25, -0.2) is 9.48 Å². The number of pyridine rings is 1. The van der Waals surface area contributed by atoms with Crippen LogP contribution in [0, 0.1) is 0 Å². The third kappa shape index (κ3) is 8.04. The van der Waals surface area contributed by atoms with Crippen LogP contribution in [0.4, 0.5) is 21.9 Å². The first-order chi connectivity index (χ1) is 21.8. The van der Waals surface area contributed by atoms with Crippen LogP contribution in [-0.2, 0) is 11.3 Å². The van der Waals surface area contributed by atoms with Gasteiger partial charge in [-0.1, -0.05) is 41.9 Å². The molecule has 12 nitrogen and oxygen atoms in total. The highest BCUT2D eigenvalue weighted by Crippen LogP contribution is 2.28. The molecule has 1 aliphatic rings. The van der Waals surface area contributed by atoms with Gasteiger partial charge in [0, 0.05) is 43.5 Å². The van der Waals surface area contributed by atoms with Gasteiger partial charge < -0.3 is 26.4 Å². The lowest BCUT2D eigenvalue weighted by molar-refractivity contribution is 0.0374. The number of nitrogens with two attached hydrogens (primary N) is 1. The zero-order valence-electron chi connectivity index (χ0n) is 24.9. The van der Waals surface area contributed by atoms with Gasteiger partial charge in [-0.2, -0.15) is 5.10 Å². The van der Waals surface area contributed by atoms with Crippen molar-refractivity contribution in [1.29, 1.82) is 0 Å². The number of hydrogen-bond donors (Lipinski definition) is 4. The number of urea groups is 1. The summed E-state index contributed by atoms with van der Waals surface area (Å²) in [4.78, 5) is 44.9. The molecular formula is C32H35ClN8O4. The molecule has 0 bridgehead atoms. The lowest BCUT2D eigenvalue weighted by atomic mass is 9.99. The number of morpholine rings is 1. The molecule has 0 aliphatic carbocycles. The summed E-state index contributed by atoms with van der Waals surface area (Å²) in [6.07, 6.45) is 3.58. The summed E-state index contributed by atoms with van der Waals surface area (Å²) in [7, 11) is 0. The standard InChI is InChI=1S/C32H35ClN8O4/c1-2-41-31(43)28(37-32(44)38-29-25(33)19-35-20-26(29)34)18-27(39-41)23-8-3-6-21(16-23)22-7-4-9-24(17-22)30(42)36-10-5-11-40-12-14-45-15-13-40/h3-4,6-9,16-20H,2,5,10-15,34H2,1H3,(H,36,42)(H2,35,37,38,44). The van der Waals surface area contributed by atoms with Crippen LogP contribution < -0.4 is 27.2 Å². The number of aromatic nitrogens is 3. The van der Waals surface area contributed by atoms with Crippen LogP contribution in [0.15, 0.2) is 71.8 Å². The van der Waals surface area contributed by atoms with Crippen molar-refractivity contribution in [2.45, 2.75) is 19.9 Å². The number of ether oxygens (including phenoxy) is 1. The van der Waals surface area contributed by atoms with Crippen LogP contribution in [0.3, 0.4) is 0 Å². The maximum atomic E-state index is 13.0. The molecule has 13 heteroatoms. The molecule has 3 amide bonds. The zero-order valence-corrected chi connectivity index (χ0v) is 25.6. The Bertz CT molecular complexity index is 1720. The number of anilines is 3. The van der Waals surface area contributed by atoms with Crippen molar-refractivity contribution in [2.24, 2.45) is 0 Å². The van der Waals surface area contributed by atoms with Crippen molar-refractivity contribution in [1.82, 2.24) is 25.0 Å². The van der Waals surface area contributed by atoms with E-state index in [9.17, 15) is 14.4 Å². The fraction of sp³-hybridized carbons (Fsp3) is 0.281. The molecule has 2 aromatic carbocycles. The minimum Gasteiger partial charge on any atom is -0.396 e. The van der Waals surface area contributed by atoms with E-state index in [4.69, 9.17) is 22.1 Å². The second-order valence-corrected chi connectivity index (χ2v) is 10.9. The summed E-state index contributed by atoms with van der Waals surface area (Å²) in [6, 6.07) is 15.8. The van der Waals surface area contributed by atoms with Crippen LogP contribution in [0.5, 0.6) is 0 Å². The molecule has 234 valence electrons. The molecule has 1 aliphatic heterocycles. The van der Waals surface area contributed by atoms with Gasteiger partial charge >= 0.3 is 6.03 Å². The van der Waals surface area contributed by atoms with Crippen molar-refractivity contribution < 1.29 is 14.3 Å². The fourth-order valence-corrected chi connectivity index (χ4v) is 5.18. The quantitative estimate of drug-likeness (QED) is 0.189. The van der Waals surface area contributed by atoms with E-state index in [-0.39, 0.29) is 34.5 Å². The Morgan fingerprint density at radius 2 is 1.73 bits per heavy atom. The molecule has 3 heterocycles. The van der Waals surface area contributed by atoms with Crippen LogP contribution >= 0.6 is 11.6 Å². The first-order valence-corrected chi connectivity index (χ1v) is 15.1. The number of benzene rings is 2. The number of carbonyl (C=O) groups excluding carboxylic acids is 2. The Kier molecular flexibility index (Phi) is 10.4. The van der Waals surface area contributed by atoms with E-state index in [1.54, 1.807) is 13.0 Å². The van der Waals surface area contributed by atoms with Crippen molar-refractivity contribution in [3.8, 4) is 22.4 Å². The highest BCUT2D eigenvalue weighted by Gasteiger charge is 2.16. The zero-order chi connectivity index (χ0) is 31.8. The minimum absolute atomic E-state index is 0.0285. The number of carbonyl (C=O) groups is 2. The maximum Gasteiger partial charge on any atom is 0.323 e. The molecule has 4 aromatic rings. The van der Waals surface area contributed by atoms with Crippen LogP contribution in [-0.4, -0.2) is 71.0 Å². The summed E-state index contributed by atoms with van der Waals surface area (Å²) in [5, 5.41) is 12.9. The molecular weight excluding hydrogens is 596 g/mol. The van der Waals surface area contributed by atoms with E-state index in [1.807, 2.05) is 42.5 Å².